The summed E-state index contributed by atoms with van der Waals surface area (Å²) in [5.74, 6) is 0.303. The number of para-hydroxylation sites is 1. The van der Waals surface area contributed by atoms with Gasteiger partial charge >= 0.3 is 0 Å². The fraction of sp³-hybridized carbons (Fsp3) is 0.429. The van der Waals surface area contributed by atoms with Gasteiger partial charge in [-0.25, -0.2) is 4.98 Å². The average molecular weight is 410 g/mol. The van der Waals surface area contributed by atoms with Crippen LogP contribution in [-0.2, 0) is 27.3 Å². The molecule has 1 N–H and O–H groups in total. The Labute approximate surface area is 172 Å². The molecule has 0 bridgehead atoms. The maximum Gasteiger partial charge on any atom is 0.251 e. The van der Waals surface area contributed by atoms with Gasteiger partial charge in [0.05, 0.1) is 17.6 Å². The van der Waals surface area contributed by atoms with Gasteiger partial charge in [-0.2, -0.15) is 0 Å². The molecule has 1 fully saturated rings. The van der Waals surface area contributed by atoms with E-state index < -0.39 is 6.04 Å². The standard InChI is InChI=1S/C21H22N4O3S/c26-19(9-13-6-8-28-12-13)24-21-23-16-5-7-25(11-18(16)29-21)20(27)17-10-14-3-1-2-4-15(14)22-17/h1-4,10,13,17H,5-9,11-12H2,(H,23,24,26). The average Bonchev–Trinajstić information content (AvgIpc) is 3.45. The summed E-state index contributed by atoms with van der Waals surface area (Å²) in [4.78, 5) is 37.2. The highest BCUT2D eigenvalue weighted by Crippen LogP contribution is 2.29. The summed E-state index contributed by atoms with van der Waals surface area (Å²) in [6.07, 6.45) is 4.03. The summed E-state index contributed by atoms with van der Waals surface area (Å²) in [5.41, 5.74) is 0.981. The topological polar surface area (TPSA) is 83.9 Å². The molecule has 5 rings (SSSR count). The third-order valence-corrected chi connectivity index (χ3v) is 6.59. The first kappa shape index (κ1) is 18.4. The molecule has 0 radical (unpaired) electrons. The smallest absolute Gasteiger partial charge is 0.251 e. The van der Waals surface area contributed by atoms with E-state index in [4.69, 9.17) is 4.74 Å². The van der Waals surface area contributed by atoms with Gasteiger partial charge in [0, 0.05) is 37.5 Å². The van der Waals surface area contributed by atoms with Gasteiger partial charge in [-0.3, -0.25) is 14.6 Å². The summed E-state index contributed by atoms with van der Waals surface area (Å²) >= 11 is 1.46. The Bertz CT molecular complexity index is 1040. The number of carbonyl (C=O) groups excluding carboxylic acids is 2. The first-order valence-corrected chi connectivity index (χ1v) is 10.8. The molecule has 3 aliphatic heterocycles. The number of fused-ring (bicyclic) bond motifs is 2. The fourth-order valence-electron chi connectivity index (χ4n) is 4.03. The first-order chi connectivity index (χ1) is 14.2. The lowest BCUT2D eigenvalue weighted by Gasteiger charge is -2.27. The summed E-state index contributed by atoms with van der Waals surface area (Å²) in [5, 5.41) is 5.43. The van der Waals surface area contributed by atoms with Gasteiger partial charge in [0.2, 0.25) is 5.91 Å². The molecular formula is C21H22N4O3S. The molecule has 2 unspecified atom stereocenters. The number of thiazole rings is 1. The lowest BCUT2D eigenvalue weighted by molar-refractivity contribution is -0.132. The minimum absolute atomic E-state index is 0.0170. The van der Waals surface area contributed by atoms with Crippen molar-refractivity contribution in [3.63, 3.8) is 0 Å². The molecule has 3 aliphatic rings. The van der Waals surface area contributed by atoms with E-state index in [1.807, 2.05) is 35.2 Å². The van der Waals surface area contributed by atoms with Crippen LogP contribution in [0.5, 0.6) is 0 Å². The largest absolute Gasteiger partial charge is 0.381 e. The third-order valence-electron chi connectivity index (χ3n) is 5.59. The number of hydrogen-bond acceptors (Lipinski definition) is 6. The molecule has 2 atom stereocenters. The van der Waals surface area contributed by atoms with Crippen molar-refractivity contribution < 1.29 is 14.3 Å². The van der Waals surface area contributed by atoms with Crippen molar-refractivity contribution in [1.82, 2.24) is 9.88 Å². The maximum absolute atomic E-state index is 13.0. The van der Waals surface area contributed by atoms with Gasteiger partial charge in [0.1, 0.15) is 6.04 Å². The third kappa shape index (κ3) is 3.82. The van der Waals surface area contributed by atoms with E-state index in [0.29, 0.717) is 43.6 Å². The number of rotatable bonds is 4. The number of ether oxygens (including phenoxy) is 1. The number of amides is 2. The number of aromatic nitrogens is 1. The van der Waals surface area contributed by atoms with Gasteiger partial charge in [0.25, 0.3) is 5.91 Å². The molecule has 1 aromatic carbocycles. The van der Waals surface area contributed by atoms with Crippen molar-refractivity contribution in [2.45, 2.75) is 31.8 Å². The van der Waals surface area contributed by atoms with Crippen LogP contribution in [0.3, 0.4) is 0 Å². The second kappa shape index (κ2) is 7.68. The predicted octanol–water partition coefficient (Wildman–Crippen LogP) is 0.875. The van der Waals surface area contributed by atoms with Gasteiger partial charge < -0.3 is 15.0 Å². The Balaban J connectivity index is 1.24. The predicted molar refractivity (Wildman–Crippen MR) is 109 cm³/mol. The van der Waals surface area contributed by atoms with Gasteiger partial charge in [0.15, 0.2) is 5.13 Å². The Morgan fingerprint density at radius 3 is 3.03 bits per heavy atom. The van der Waals surface area contributed by atoms with E-state index in [2.05, 4.69) is 15.3 Å². The normalized spacial score (nSPS) is 22.4. The first-order valence-electron chi connectivity index (χ1n) is 9.95. The summed E-state index contributed by atoms with van der Waals surface area (Å²) < 4.78 is 5.33. The fourth-order valence-corrected chi connectivity index (χ4v) is 5.07. The molecule has 7 nitrogen and oxygen atoms in total. The highest BCUT2D eigenvalue weighted by molar-refractivity contribution is 7.15. The maximum atomic E-state index is 13.0. The van der Waals surface area contributed by atoms with Crippen LogP contribution in [0.2, 0.25) is 0 Å². The summed E-state index contributed by atoms with van der Waals surface area (Å²) in [7, 11) is 0. The van der Waals surface area contributed by atoms with Crippen LogP contribution in [-0.4, -0.2) is 47.5 Å². The molecule has 150 valence electrons. The Kier molecular flexibility index (Phi) is 4.89. The Hall–Kier alpha value is -2.58. The number of anilines is 1. The van der Waals surface area contributed by atoms with Crippen LogP contribution in [0.4, 0.5) is 5.13 Å². The van der Waals surface area contributed by atoms with Crippen molar-refractivity contribution in [3.05, 3.63) is 45.4 Å². The van der Waals surface area contributed by atoms with Crippen molar-refractivity contribution in [2.75, 3.05) is 25.1 Å². The minimum atomic E-state index is -0.449. The van der Waals surface area contributed by atoms with Gasteiger partial charge in [-0.1, -0.05) is 29.5 Å². The molecule has 29 heavy (non-hydrogen) atoms. The molecule has 8 heteroatoms. The summed E-state index contributed by atoms with van der Waals surface area (Å²) in [6.45, 7) is 2.54. The lowest BCUT2D eigenvalue weighted by Crippen LogP contribution is -2.40. The zero-order valence-electron chi connectivity index (χ0n) is 16.0. The SMILES string of the molecule is O=C(CC1CCOC1)Nc1nc2c(s1)CN(C(=O)C1C=c3ccccc3=N1)CC2. The highest BCUT2D eigenvalue weighted by atomic mass is 32.1. The van der Waals surface area contributed by atoms with E-state index >= 15 is 0 Å². The van der Waals surface area contributed by atoms with Crippen LogP contribution in [0.15, 0.2) is 29.3 Å². The second-order valence-corrected chi connectivity index (χ2v) is 8.76. The number of benzene rings is 1. The van der Waals surface area contributed by atoms with Crippen LogP contribution in [0.1, 0.15) is 23.4 Å². The number of hydrogen-bond donors (Lipinski definition) is 1. The van der Waals surface area contributed by atoms with Gasteiger partial charge in [-0.15, -0.1) is 0 Å². The number of nitrogens with zero attached hydrogens (tertiary/aromatic N) is 3. The van der Waals surface area contributed by atoms with Crippen LogP contribution in [0.25, 0.3) is 6.08 Å². The van der Waals surface area contributed by atoms with Gasteiger partial charge in [-0.05, 0) is 29.7 Å². The van der Waals surface area contributed by atoms with Crippen LogP contribution < -0.4 is 15.9 Å². The van der Waals surface area contributed by atoms with Crippen molar-refractivity contribution >= 4 is 34.4 Å². The zero-order valence-corrected chi connectivity index (χ0v) is 16.8. The van der Waals surface area contributed by atoms with Crippen molar-refractivity contribution in [3.8, 4) is 0 Å². The van der Waals surface area contributed by atoms with E-state index in [0.717, 1.165) is 34.2 Å². The van der Waals surface area contributed by atoms with Crippen molar-refractivity contribution in [1.29, 1.82) is 0 Å². The molecule has 0 saturated carbocycles. The molecule has 4 heterocycles. The van der Waals surface area contributed by atoms with E-state index in [1.54, 1.807) is 0 Å². The molecule has 0 aliphatic carbocycles. The molecular weight excluding hydrogens is 388 g/mol. The Morgan fingerprint density at radius 1 is 1.31 bits per heavy atom. The highest BCUT2D eigenvalue weighted by Gasteiger charge is 2.29. The zero-order chi connectivity index (χ0) is 19.8. The van der Waals surface area contributed by atoms with Crippen LogP contribution in [0, 0.1) is 5.92 Å². The van der Waals surface area contributed by atoms with Crippen LogP contribution >= 0.6 is 11.3 Å². The van der Waals surface area contributed by atoms with E-state index in [-0.39, 0.29) is 11.8 Å². The van der Waals surface area contributed by atoms with Crippen molar-refractivity contribution in [2.24, 2.45) is 10.9 Å². The lowest BCUT2D eigenvalue weighted by atomic mass is 10.1. The molecule has 0 spiro atoms. The molecule has 1 aromatic heterocycles. The number of nitrogens with one attached hydrogen (secondary N) is 1. The van der Waals surface area contributed by atoms with E-state index in [1.165, 1.54) is 11.3 Å². The second-order valence-electron chi connectivity index (χ2n) is 7.68. The number of carbonyl (C=O) groups is 2. The Morgan fingerprint density at radius 2 is 2.21 bits per heavy atom. The minimum Gasteiger partial charge on any atom is -0.381 e. The molecule has 2 amide bonds. The molecule has 1 saturated heterocycles. The monoisotopic (exact) mass is 410 g/mol. The summed E-state index contributed by atoms with van der Waals surface area (Å²) in [6, 6.07) is 7.36. The van der Waals surface area contributed by atoms with E-state index in [9.17, 15) is 9.59 Å². The molecule has 2 aromatic rings. The quantitative estimate of drug-likeness (QED) is 0.811.